The van der Waals surface area contributed by atoms with E-state index in [4.69, 9.17) is 0 Å². The van der Waals surface area contributed by atoms with Crippen molar-refractivity contribution in [3.63, 3.8) is 0 Å². The second-order valence-electron chi connectivity index (χ2n) is 7.11. The number of piperidine rings is 1. The van der Waals surface area contributed by atoms with E-state index < -0.39 is 11.8 Å². The van der Waals surface area contributed by atoms with Crippen LogP contribution in [-0.2, 0) is 4.79 Å². The Labute approximate surface area is 174 Å². The third kappa shape index (κ3) is 4.69. The molecule has 28 heavy (non-hydrogen) atoms. The van der Waals surface area contributed by atoms with Gasteiger partial charge in [0.25, 0.3) is 0 Å². The van der Waals surface area contributed by atoms with E-state index in [1.54, 1.807) is 17.0 Å². The van der Waals surface area contributed by atoms with Crippen LogP contribution in [0.2, 0.25) is 0 Å². The average Bonchev–Trinajstić information content (AvgIpc) is 2.75. The van der Waals surface area contributed by atoms with Crippen LogP contribution in [0.1, 0.15) is 47.5 Å². The summed E-state index contributed by atoms with van der Waals surface area (Å²) in [6.45, 7) is 1.37. The first-order valence-corrected chi connectivity index (χ1v) is 10.4. The van der Waals surface area contributed by atoms with Crippen molar-refractivity contribution in [1.29, 1.82) is 5.26 Å². The minimum absolute atomic E-state index is 0.0620. The lowest BCUT2D eigenvalue weighted by Crippen LogP contribution is -2.41. The molecule has 0 aromatic heterocycles. The summed E-state index contributed by atoms with van der Waals surface area (Å²) in [7, 11) is 0. The molecule has 1 fully saturated rings. The highest BCUT2D eigenvalue weighted by atomic mass is 79.9. The van der Waals surface area contributed by atoms with Gasteiger partial charge in [-0.15, -0.1) is 0 Å². The van der Waals surface area contributed by atoms with Gasteiger partial charge in [-0.1, -0.05) is 64.5 Å². The fourth-order valence-electron chi connectivity index (χ4n) is 3.75. The first-order chi connectivity index (χ1) is 13.6. The molecule has 1 heterocycles. The predicted octanol–water partition coefficient (Wildman–Crippen LogP) is 4.96. The molecule has 0 radical (unpaired) electrons. The number of halogens is 1. The maximum atomic E-state index is 13.2. The van der Waals surface area contributed by atoms with E-state index in [1.165, 1.54) is 0 Å². The minimum atomic E-state index is -0.885. The van der Waals surface area contributed by atoms with Crippen molar-refractivity contribution in [2.45, 2.75) is 31.6 Å². The number of hydrogen-bond donors (Lipinski definition) is 0. The number of carbonyl (C=O) groups is 2. The van der Waals surface area contributed by atoms with Crippen molar-refractivity contribution < 1.29 is 9.59 Å². The Balaban J connectivity index is 1.92. The van der Waals surface area contributed by atoms with Crippen LogP contribution in [0.15, 0.2) is 59.1 Å². The van der Waals surface area contributed by atoms with Crippen LogP contribution in [0, 0.1) is 17.2 Å². The lowest BCUT2D eigenvalue weighted by molar-refractivity contribution is -0.135. The zero-order chi connectivity index (χ0) is 19.9. The van der Waals surface area contributed by atoms with Crippen LogP contribution in [0.25, 0.3) is 0 Å². The van der Waals surface area contributed by atoms with E-state index in [2.05, 4.69) is 22.0 Å². The Morgan fingerprint density at radius 1 is 1.00 bits per heavy atom. The third-order valence-corrected chi connectivity index (χ3v) is 6.00. The number of hydrogen-bond acceptors (Lipinski definition) is 3. The Hall–Kier alpha value is -2.45. The number of nitrogens with zero attached hydrogens (tertiary/aromatic N) is 2. The smallest absolute Gasteiger partial charge is 0.240 e. The van der Waals surface area contributed by atoms with Gasteiger partial charge >= 0.3 is 0 Å². The van der Waals surface area contributed by atoms with Crippen molar-refractivity contribution in [2.24, 2.45) is 5.92 Å². The predicted molar refractivity (Wildman–Crippen MR) is 112 cm³/mol. The van der Waals surface area contributed by atoms with Crippen LogP contribution in [0.3, 0.4) is 0 Å². The zero-order valence-corrected chi connectivity index (χ0v) is 17.3. The lowest BCUT2D eigenvalue weighted by atomic mass is 9.81. The molecular formula is C23H23BrN2O2. The number of likely N-dealkylation sites (tertiary alicyclic amines) is 1. The van der Waals surface area contributed by atoms with Crippen LogP contribution in [0.4, 0.5) is 0 Å². The normalized spacial score (nSPS) is 16.1. The molecule has 0 N–H and O–H groups in total. The molecule has 0 spiro atoms. The van der Waals surface area contributed by atoms with Gasteiger partial charge in [-0.3, -0.25) is 9.59 Å². The molecule has 2 aromatic carbocycles. The average molecular weight is 439 g/mol. The van der Waals surface area contributed by atoms with Crippen molar-refractivity contribution in [3.8, 4) is 6.07 Å². The molecule has 0 aliphatic carbocycles. The van der Waals surface area contributed by atoms with Gasteiger partial charge in [0, 0.05) is 35.5 Å². The summed E-state index contributed by atoms with van der Waals surface area (Å²) in [6.07, 6.45) is 3.16. The van der Waals surface area contributed by atoms with Crippen LogP contribution >= 0.6 is 15.9 Å². The molecule has 3 rings (SSSR count). The quantitative estimate of drug-likeness (QED) is 0.598. The zero-order valence-electron chi connectivity index (χ0n) is 15.7. The highest BCUT2D eigenvalue weighted by Crippen LogP contribution is 2.35. The monoisotopic (exact) mass is 438 g/mol. The molecule has 2 atom stereocenters. The summed E-state index contributed by atoms with van der Waals surface area (Å²) in [6, 6.07) is 18.8. The standard InChI is InChI=1S/C23H23BrN2O2/c24-21-12-6-5-11-18(21)19(15-22(27)17-9-3-1-4-10-17)20(16-25)23(28)26-13-7-2-8-14-26/h1,3-6,9-12,19-20H,2,7-8,13-15H2/t19-,20+/m0/s1. The molecule has 1 aliphatic heterocycles. The second kappa shape index (κ2) is 9.66. The van der Waals surface area contributed by atoms with Crippen molar-refractivity contribution in [3.05, 3.63) is 70.2 Å². The summed E-state index contributed by atoms with van der Waals surface area (Å²) in [5.74, 6) is -1.61. The molecule has 2 aromatic rings. The van der Waals surface area contributed by atoms with Gasteiger partial charge in [0.1, 0.15) is 5.92 Å². The van der Waals surface area contributed by atoms with Gasteiger partial charge in [-0.2, -0.15) is 5.26 Å². The largest absolute Gasteiger partial charge is 0.342 e. The van der Waals surface area contributed by atoms with Gasteiger partial charge < -0.3 is 4.90 Å². The first kappa shape index (κ1) is 20.3. The SMILES string of the molecule is N#C[C@@H](C(=O)N1CCCCC1)[C@@H](CC(=O)c1ccccc1)c1ccccc1Br. The number of rotatable bonds is 6. The molecule has 1 saturated heterocycles. The highest BCUT2D eigenvalue weighted by Gasteiger charge is 2.35. The van der Waals surface area contributed by atoms with Crippen molar-refractivity contribution in [1.82, 2.24) is 4.90 Å². The van der Waals surface area contributed by atoms with E-state index >= 15 is 0 Å². The second-order valence-corrected chi connectivity index (χ2v) is 7.97. The minimum Gasteiger partial charge on any atom is -0.342 e. The number of ketones is 1. The van der Waals surface area contributed by atoms with Crippen LogP contribution < -0.4 is 0 Å². The maximum absolute atomic E-state index is 13.2. The topological polar surface area (TPSA) is 61.2 Å². The Morgan fingerprint density at radius 3 is 2.29 bits per heavy atom. The van der Waals surface area contributed by atoms with Gasteiger partial charge in [-0.25, -0.2) is 0 Å². The molecule has 5 heteroatoms. The lowest BCUT2D eigenvalue weighted by Gasteiger charge is -2.31. The van der Waals surface area contributed by atoms with E-state index in [9.17, 15) is 14.9 Å². The number of benzene rings is 2. The van der Waals surface area contributed by atoms with E-state index in [-0.39, 0.29) is 18.1 Å². The summed E-state index contributed by atoms with van der Waals surface area (Å²) in [5.41, 5.74) is 1.42. The summed E-state index contributed by atoms with van der Waals surface area (Å²) < 4.78 is 0.813. The molecule has 0 bridgehead atoms. The van der Waals surface area contributed by atoms with Crippen LogP contribution in [0.5, 0.6) is 0 Å². The van der Waals surface area contributed by atoms with Crippen molar-refractivity contribution >= 4 is 27.6 Å². The summed E-state index contributed by atoms with van der Waals surface area (Å²) in [4.78, 5) is 27.8. The Morgan fingerprint density at radius 2 is 1.64 bits per heavy atom. The van der Waals surface area contributed by atoms with Gasteiger partial charge in [0.15, 0.2) is 5.78 Å². The molecule has 1 aliphatic rings. The molecule has 0 unspecified atom stereocenters. The van der Waals surface area contributed by atoms with Gasteiger partial charge in [0.05, 0.1) is 6.07 Å². The number of Topliss-reactive ketones (excluding diaryl/α,β-unsaturated/α-hetero) is 1. The van der Waals surface area contributed by atoms with Crippen molar-refractivity contribution in [2.75, 3.05) is 13.1 Å². The first-order valence-electron chi connectivity index (χ1n) is 9.63. The van der Waals surface area contributed by atoms with E-state index in [1.807, 2.05) is 42.5 Å². The molecule has 0 saturated carbocycles. The molecule has 144 valence electrons. The number of nitriles is 1. The maximum Gasteiger partial charge on any atom is 0.240 e. The van der Waals surface area contributed by atoms with E-state index in [0.717, 1.165) is 29.3 Å². The Bertz CT molecular complexity index is 870. The van der Waals surface area contributed by atoms with Crippen LogP contribution in [-0.4, -0.2) is 29.7 Å². The fourth-order valence-corrected chi connectivity index (χ4v) is 4.33. The molecular weight excluding hydrogens is 416 g/mol. The highest BCUT2D eigenvalue weighted by molar-refractivity contribution is 9.10. The van der Waals surface area contributed by atoms with Gasteiger partial charge in [0.2, 0.25) is 5.91 Å². The molecule has 1 amide bonds. The third-order valence-electron chi connectivity index (χ3n) is 5.28. The Kier molecular flexibility index (Phi) is 7.00. The van der Waals surface area contributed by atoms with Gasteiger partial charge in [-0.05, 0) is 30.9 Å². The summed E-state index contributed by atoms with van der Waals surface area (Å²) >= 11 is 3.54. The molecule has 4 nitrogen and oxygen atoms in total. The van der Waals surface area contributed by atoms with E-state index in [0.29, 0.717) is 18.7 Å². The summed E-state index contributed by atoms with van der Waals surface area (Å²) in [5, 5.41) is 9.91. The number of carbonyl (C=O) groups excluding carboxylic acids is 2. The fraction of sp³-hybridized carbons (Fsp3) is 0.348. The number of amides is 1.